The summed E-state index contributed by atoms with van der Waals surface area (Å²) in [6.07, 6.45) is 15.5. The molecule has 3 fully saturated rings. The van der Waals surface area contributed by atoms with Crippen LogP contribution in [0.25, 0.3) is 0 Å². The Morgan fingerprint density at radius 3 is 2.75 bits per heavy atom. The molecule has 2 aliphatic heterocycles. The average Bonchev–Trinajstić information content (AvgIpc) is 3.63. The van der Waals surface area contributed by atoms with Crippen molar-refractivity contribution in [2.45, 2.75) is 91.1 Å². The zero-order valence-corrected chi connectivity index (χ0v) is 23.1. The van der Waals surface area contributed by atoms with E-state index < -0.39 is 0 Å². The number of rotatable bonds is 8. The molecule has 6 nitrogen and oxygen atoms in total. The van der Waals surface area contributed by atoms with Gasteiger partial charge >= 0.3 is 0 Å². The van der Waals surface area contributed by atoms with Gasteiger partial charge < -0.3 is 10.2 Å². The summed E-state index contributed by atoms with van der Waals surface area (Å²) in [6.45, 7) is 9.65. The summed E-state index contributed by atoms with van der Waals surface area (Å²) < 4.78 is 0. The number of aromatic nitrogens is 1. The predicted molar refractivity (Wildman–Crippen MR) is 148 cm³/mol. The van der Waals surface area contributed by atoms with E-state index in [1.165, 1.54) is 47.5 Å². The van der Waals surface area contributed by atoms with Crippen LogP contribution in [0.2, 0.25) is 0 Å². The Kier molecular flexibility index (Phi) is 7.75. The number of carbonyl (C=O) groups is 1. The molecule has 7 heteroatoms. The minimum atomic E-state index is 0.0527. The van der Waals surface area contributed by atoms with E-state index in [9.17, 15) is 4.79 Å². The van der Waals surface area contributed by atoms with Crippen molar-refractivity contribution in [3.8, 4) is 0 Å². The number of thiazole rings is 1. The molecule has 0 bridgehead atoms. The zero-order valence-electron chi connectivity index (χ0n) is 22.2. The van der Waals surface area contributed by atoms with E-state index in [0.29, 0.717) is 23.8 Å². The first kappa shape index (κ1) is 25.4. The second-order valence-electron chi connectivity index (χ2n) is 11.3. The highest BCUT2D eigenvalue weighted by molar-refractivity contribution is 7.09. The Hall–Kier alpha value is -2.28. The van der Waals surface area contributed by atoms with Gasteiger partial charge in [0.25, 0.3) is 0 Å². The highest BCUT2D eigenvalue weighted by Crippen LogP contribution is 2.50. The van der Waals surface area contributed by atoms with E-state index in [-0.39, 0.29) is 17.9 Å². The third-order valence-corrected chi connectivity index (χ3v) is 9.63. The third-order valence-electron chi connectivity index (χ3n) is 8.74. The lowest BCUT2D eigenvalue weighted by Gasteiger charge is -2.49. The number of nitrogens with one attached hydrogen (secondary N) is 1. The molecule has 3 unspecified atom stereocenters. The number of fused-ring (bicyclic) bond motifs is 1. The number of nitrogens with zero attached hydrogens (tertiary/aromatic N) is 4. The lowest BCUT2D eigenvalue weighted by atomic mass is 9.86. The molecule has 3 heterocycles. The molecule has 1 amide bonds. The first-order chi connectivity index (χ1) is 17.4. The molecule has 0 spiro atoms. The SMILES string of the molecule is C/C=C1\C2CC(/C=C3/CC(C(C)C)=NN=C3C)CC2N1CC[C@H](NC(=O)C1CCCC1)c1cncs1. The van der Waals surface area contributed by atoms with Crippen molar-refractivity contribution in [2.75, 3.05) is 6.54 Å². The van der Waals surface area contributed by atoms with Crippen molar-refractivity contribution in [3.05, 3.63) is 40.0 Å². The summed E-state index contributed by atoms with van der Waals surface area (Å²) in [5.41, 5.74) is 7.00. The highest BCUT2D eigenvalue weighted by Gasteiger charge is 2.48. The lowest BCUT2D eigenvalue weighted by molar-refractivity contribution is -0.125. The third kappa shape index (κ3) is 5.22. The molecule has 4 aliphatic rings. The van der Waals surface area contributed by atoms with Crippen LogP contribution < -0.4 is 5.32 Å². The second-order valence-corrected chi connectivity index (χ2v) is 12.3. The molecule has 1 aromatic heterocycles. The van der Waals surface area contributed by atoms with Crippen LogP contribution in [0.5, 0.6) is 0 Å². The van der Waals surface area contributed by atoms with Crippen molar-refractivity contribution < 1.29 is 4.79 Å². The fourth-order valence-corrected chi connectivity index (χ4v) is 7.33. The Bertz CT molecular complexity index is 1060. The average molecular weight is 508 g/mol. The van der Waals surface area contributed by atoms with Crippen molar-refractivity contribution in [3.63, 3.8) is 0 Å². The molecule has 5 rings (SSSR count). The van der Waals surface area contributed by atoms with Gasteiger partial charge in [0.05, 0.1) is 17.3 Å². The number of likely N-dealkylation sites (tertiary alicyclic amines) is 1. The molecule has 2 saturated carbocycles. The van der Waals surface area contributed by atoms with Crippen LogP contribution in [0.1, 0.15) is 90.0 Å². The summed E-state index contributed by atoms with van der Waals surface area (Å²) in [4.78, 5) is 21.0. The van der Waals surface area contributed by atoms with Crippen LogP contribution in [0.15, 0.2) is 45.3 Å². The van der Waals surface area contributed by atoms with Gasteiger partial charge in [0, 0.05) is 53.3 Å². The van der Waals surface area contributed by atoms with Crippen LogP contribution >= 0.6 is 11.3 Å². The van der Waals surface area contributed by atoms with E-state index in [0.717, 1.165) is 37.9 Å². The molecule has 4 atom stereocenters. The minimum absolute atomic E-state index is 0.0527. The van der Waals surface area contributed by atoms with Crippen molar-refractivity contribution >= 4 is 28.7 Å². The number of hydrogen-bond donors (Lipinski definition) is 1. The number of carbonyl (C=O) groups excluding carboxylic acids is 1. The topological polar surface area (TPSA) is 70.0 Å². The second kappa shape index (κ2) is 11.0. The van der Waals surface area contributed by atoms with Crippen LogP contribution in [-0.2, 0) is 4.79 Å². The summed E-state index contributed by atoms with van der Waals surface area (Å²) in [5, 5.41) is 12.3. The van der Waals surface area contributed by atoms with Gasteiger partial charge in [0.2, 0.25) is 5.91 Å². The van der Waals surface area contributed by atoms with Gasteiger partial charge in [0.15, 0.2) is 0 Å². The maximum atomic E-state index is 12.9. The smallest absolute Gasteiger partial charge is 0.223 e. The summed E-state index contributed by atoms with van der Waals surface area (Å²) in [6, 6.07) is 0.654. The standard InChI is InChI=1S/C29H41N5OS/c1-5-26-23-13-20(12-22-15-25(18(2)3)33-32-19(22)4)14-27(23)34(26)11-10-24(28-16-30-17-36-28)31-29(35)21-8-6-7-9-21/h5,12,16-18,20-21,23-24,27H,6-11,13-15H2,1-4H3,(H,31,35)/b22-12-,26-5+/t20?,23?,24-,27?/m0/s1. The van der Waals surface area contributed by atoms with E-state index in [1.54, 1.807) is 11.3 Å². The molecule has 0 radical (unpaired) electrons. The molecular formula is C29H41N5OS. The zero-order chi connectivity index (χ0) is 25.2. The fourth-order valence-electron chi connectivity index (χ4n) is 6.62. The van der Waals surface area contributed by atoms with E-state index in [4.69, 9.17) is 0 Å². The van der Waals surface area contributed by atoms with Gasteiger partial charge in [-0.05, 0) is 63.4 Å². The predicted octanol–water partition coefficient (Wildman–Crippen LogP) is 6.30. The van der Waals surface area contributed by atoms with Crippen molar-refractivity contribution in [1.82, 2.24) is 15.2 Å². The maximum absolute atomic E-state index is 12.9. The fraction of sp³-hybridized carbons (Fsp3) is 0.655. The highest BCUT2D eigenvalue weighted by atomic mass is 32.1. The van der Waals surface area contributed by atoms with Gasteiger partial charge in [-0.3, -0.25) is 9.78 Å². The molecule has 36 heavy (non-hydrogen) atoms. The molecule has 1 saturated heterocycles. The monoisotopic (exact) mass is 507 g/mol. The number of hydrogen-bond acceptors (Lipinski definition) is 6. The summed E-state index contributed by atoms with van der Waals surface area (Å²) >= 11 is 1.65. The summed E-state index contributed by atoms with van der Waals surface area (Å²) in [5.74, 6) is 2.12. The van der Waals surface area contributed by atoms with Crippen molar-refractivity contribution in [2.24, 2.45) is 33.9 Å². The first-order valence-electron chi connectivity index (χ1n) is 13.9. The maximum Gasteiger partial charge on any atom is 0.223 e. The number of allylic oxidation sites excluding steroid dienone is 3. The quantitative estimate of drug-likeness (QED) is 0.449. The normalized spacial score (nSPS) is 29.4. The Balaban J connectivity index is 1.22. The van der Waals surface area contributed by atoms with E-state index in [2.05, 4.69) is 65.3 Å². The summed E-state index contributed by atoms with van der Waals surface area (Å²) in [7, 11) is 0. The van der Waals surface area contributed by atoms with Gasteiger partial charge in [-0.2, -0.15) is 10.2 Å². The first-order valence-corrected chi connectivity index (χ1v) is 14.8. The van der Waals surface area contributed by atoms with Crippen LogP contribution in [0.3, 0.4) is 0 Å². The molecule has 2 aliphatic carbocycles. The molecular weight excluding hydrogens is 466 g/mol. The Morgan fingerprint density at radius 1 is 1.25 bits per heavy atom. The Morgan fingerprint density at radius 2 is 2.06 bits per heavy atom. The number of amides is 1. The van der Waals surface area contributed by atoms with Crippen LogP contribution in [0, 0.1) is 23.7 Å². The molecule has 0 aromatic carbocycles. The Labute approximate surface area is 220 Å². The molecule has 194 valence electrons. The minimum Gasteiger partial charge on any atom is -0.371 e. The van der Waals surface area contributed by atoms with Gasteiger partial charge in [-0.1, -0.05) is 38.8 Å². The van der Waals surface area contributed by atoms with E-state index in [1.807, 2.05) is 11.7 Å². The van der Waals surface area contributed by atoms with E-state index >= 15 is 0 Å². The van der Waals surface area contributed by atoms with Crippen molar-refractivity contribution in [1.29, 1.82) is 0 Å². The molecule has 1 aromatic rings. The van der Waals surface area contributed by atoms with Gasteiger partial charge in [0.1, 0.15) is 0 Å². The van der Waals surface area contributed by atoms with Crippen LogP contribution in [-0.4, -0.2) is 39.8 Å². The largest absolute Gasteiger partial charge is 0.371 e. The molecule has 1 N–H and O–H groups in total. The van der Waals surface area contributed by atoms with Gasteiger partial charge in [-0.25, -0.2) is 0 Å². The van der Waals surface area contributed by atoms with Crippen LogP contribution in [0.4, 0.5) is 0 Å². The lowest BCUT2D eigenvalue weighted by Crippen LogP contribution is -2.51. The van der Waals surface area contributed by atoms with Gasteiger partial charge in [-0.15, -0.1) is 11.3 Å².